The number of aliphatic imine (C=N–C) groups is 1. The van der Waals surface area contributed by atoms with Gasteiger partial charge in [0.05, 0.1) is 19.8 Å². The summed E-state index contributed by atoms with van der Waals surface area (Å²) in [6.07, 6.45) is 7.92. The maximum atomic E-state index is 5.61. The number of likely N-dealkylation sites (tertiary alicyclic amines) is 1. The molecule has 6 heteroatoms. The number of ether oxygens (including phenoxy) is 1. The third kappa shape index (κ3) is 5.81. The van der Waals surface area contributed by atoms with Crippen molar-refractivity contribution < 1.29 is 4.74 Å². The summed E-state index contributed by atoms with van der Waals surface area (Å²) in [6, 6.07) is 0. The summed E-state index contributed by atoms with van der Waals surface area (Å²) in [5.41, 5.74) is 0.247. The topological polar surface area (TPSA) is 52.1 Å². The van der Waals surface area contributed by atoms with Crippen molar-refractivity contribution in [3.8, 4) is 0 Å². The Morgan fingerprint density at radius 3 is 2.52 bits per heavy atom. The number of rotatable bonds is 7. The first-order chi connectivity index (χ1) is 13.3. The van der Waals surface area contributed by atoms with Gasteiger partial charge in [-0.3, -0.25) is 9.89 Å². The van der Waals surface area contributed by atoms with Crippen LogP contribution in [0.3, 0.4) is 0 Å². The maximum Gasteiger partial charge on any atom is 0.191 e. The van der Waals surface area contributed by atoms with Crippen LogP contribution in [0.5, 0.6) is 0 Å². The summed E-state index contributed by atoms with van der Waals surface area (Å²) in [5.74, 6) is 1.75. The van der Waals surface area contributed by atoms with E-state index in [0.29, 0.717) is 0 Å². The predicted molar refractivity (Wildman–Crippen MR) is 112 cm³/mol. The van der Waals surface area contributed by atoms with Gasteiger partial charge in [0.2, 0.25) is 0 Å². The van der Waals surface area contributed by atoms with Crippen LogP contribution >= 0.6 is 0 Å². The number of nitrogens with zero attached hydrogens (tertiary/aromatic N) is 3. The van der Waals surface area contributed by atoms with Crippen molar-refractivity contribution >= 4 is 5.96 Å². The lowest BCUT2D eigenvalue weighted by molar-refractivity contribution is -0.0333. The van der Waals surface area contributed by atoms with Crippen molar-refractivity contribution in [1.82, 2.24) is 20.4 Å². The molecular formula is C21H41N5O. The Kier molecular flexibility index (Phi) is 8.22. The van der Waals surface area contributed by atoms with Gasteiger partial charge in [-0.05, 0) is 45.2 Å². The zero-order chi connectivity index (χ0) is 19.0. The highest BCUT2D eigenvalue weighted by atomic mass is 16.5. The van der Waals surface area contributed by atoms with Gasteiger partial charge in [-0.15, -0.1) is 0 Å². The summed E-state index contributed by atoms with van der Waals surface area (Å²) in [4.78, 5) is 10.3. The van der Waals surface area contributed by atoms with Gasteiger partial charge in [0.25, 0.3) is 0 Å². The maximum absolute atomic E-state index is 5.61. The fourth-order valence-corrected chi connectivity index (χ4v) is 5.00. The number of nitrogens with one attached hydrogen (secondary N) is 2. The monoisotopic (exact) mass is 379 g/mol. The molecule has 1 aliphatic carbocycles. The first-order valence-corrected chi connectivity index (χ1v) is 11.3. The highest BCUT2D eigenvalue weighted by Gasteiger charge is 2.38. The Bertz CT molecular complexity index is 457. The van der Waals surface area contributed by atoms with Gasteiger partial charge in [-0.2, -0.15) is 0 Å². The molecule has 0 aromatic heterocycles. The molecule has 2 heterocycles. The molecule has 0 radical (unpaired) electrons. The normalized spacial score (nSPS) is 27.6. The second kappa shape index (κ2) is 10.6. The molecule has 0 aromatic carbocycles. The van der Waals surface area contributed by atoms with E-state index in [1.165, 1.54) is 58.2 Å². The molecule has 2 aliphatic heterocycles. The van der Waals surface area contributed by atoms with Crippen LogP contribution in [0.2, 0.25) is 0 Å². The molecule has 3 rings (SSSR count). The SMILES string of the molecule is CCNC(=NCC1(N2CCOCC2)CCCCC1)NCC1CCN(CC)C1. The van der Waals surface area contributed by atoms with Crippen molar-refractivity contribution in [3.05, 3.63) is 0 Å². The van der Waals surface area contributed by atoms with Gasteiger partial charge >= 0.3 is 0 Å². The molecular weight excluding hydrogens is 338 g/mol. The molecule has 1 atom stereocenters. The predicted octanol–water partition coefficient (Wildman–Crippen LogP) is 1.92. The lowest BCUT2D eigenvalue weighted by Gasteiger charge is -2.47. The Morgan fingerprint density at radius 2 is 1.85 bits per heavy atom. The molecule has 27 heavy (non-hydrogen) atoms. The average Bonchev–Trinajstić information content (AvgIpc) is 3.19. The minimum absolute atomic E-state index is 0.247. The first kappa shape index (κ1) is 20.9. The van der Waals surface area contributed by atoms with Gasteiger partial charge in [0.1, 0.15) is 0 Å². The van der Waals surface area contributed by atoms with E-state index in [4.69, 9.17) is 9.73 Å². The summed E-state index contributed by atoms with van der Waals surface area (Å²) in [7, 11) is 0. The average molecular weight is 380 g/mol. The molecule has 3 aliphatic rings. The largest absolute Gasteiger partial charge is 0.379 e. The molecule has 156 valence electrons. The highest BCUT2D eigenvalue weighted by molar-refractivity contribution is 5.79. The summed E-state index contributed by atoms with van der Waals surface area (Å²) >= 11 is 0. The molecule has 0 spiro atoms. The van der Waals surface area contributed by atoms with Crippen molar-refractivity contribution in [2.75, 3.05) is 65.6 Å². The lowest BCUT2D eigenvalue weighted by Crippen LogP contribution is -2.56. The minimum atomic E-state index is 0.247. The molecule has 2 saturated heterocycles. The standard InChI is InChI=1S/C21H41N5O/c1-3-22-20(23-16-19-8-11-25(4-2)17-19)24-18-21(9-6-5-7-10-21)26-12-14-27-15-13-26/h19H,3-18H2,1-2H3,(H2,22,23,24). The molecule has 2 N–H and O–H groups in total. The van der Waals surface area contributed by atoms with E-state index in [-0.39, 0.29) is 5.54 Å². The third-order valence-electron chi connectivity index (χ3n) is 6.72. The molecule has 0 aromatic rings. The van der Waals surface area contributed by atoms with Crippen LogP contribution in [-0.4, -0.2) is 86.9 Å². The lowest BCUT2D eigenvalue weighted by atomic mass is 9.80. The van der Waals surface area contributed by atoms with Crippen LogP contribution in [0.15, 0.2) is 4.99 Å². The van der Waals surface area contributed by atoms with Crippen molar-refractivity contribution in [2.45, 2.75) is 57.9 Å². The number of hydrogen-bond donors (Lipinski definition) is 2. The second-order valence-electron chi connectivity index (χ2n) is 8.51. The van der Waals surface area contributed by atoms with Crippen LogP contribution in [0.4, 0.5) is 0 Å². The second-order valence-corrected chi connectivity index (χ2v) is 8.51. The summed E-state index contributed by atoms with van der Waals surface area (Å²) in [5, 5.41) is 7.11. The Labute approximate surface area is 166 Å². The number of hydrogen-bond acceptors (Lipinski definition) is 4. The molecule has 3 fully saturated rings. The quantitative estimate of drug-likeness (QED) is 0.523. The van der Waals surface area contributed by atoms with Gasteiger partial charge in [-0.25, -0.2) is 0 Å². The van der Waals surface area contributed by atoms with E-state index in [0.717, 1.165) is 57.8 Å². The molecule has 6 nitrogen and oxygen atoms in total. The summed E-state index contributed by atoms with van der Waals surface area (Å²) in [6.45, 7) is 14.8. The first-order valence-electron chi connectivity index (χ1n) is 11.3. The minimum Gasteiger partial charge on any atom is -0.379 e. The van der Waals surface area contributed by atoms with E-state index in [1.54, 1.807) is 0 Å². The van der Waals surface area contributed by atoms with Crippen molar-refractivity contribution in [2.24, 2.45) is 10.9 Å². The zero-order valence-electron chi connectivity index (χ0n) is 17.6. The van der Waals surface area contributed by atoms with Gasteiger partial charge < -0.3 is 20.3 Å². The smallest absolute Gasteiger partial charge is 0.191 e. The Balaban J connectivity index is 1.59. The molecule has 1 unspecified atom stereocenters. The van der Waals surface area contributed by atoms with Gasteiger partial charge in [0, 0.05) is 38.3 Å². The number of guanidine groups is 1. The van der Waals surface area contributed by atoms with Gasteiger partial charge in [-0.1, -0.05) is 26.2 Å². The van der Waals surface area contributed by atoms with Crippen molar-refractivity contribution in [1.29, 1.82) is 0 Å². The molecule has 1 saturated carbocycles. The van der Waals surface area contributed by atoms with Crippen molar-refractivity contribution in [3.63, 3.8) is 0 Å². The summed E-state index contributed by atoms with van der Waals surface area (Å²) < 4.78 is 5.61. The van der Waals surface area contributed by atoms with Gasteiger partial charge in [0.15, 0.2) is 5.96 Å². The Morgan fingerprint density at radius 1 is 1.07 bits per heavy atom. The third-order valence-corrected chi connectivity index (χ3v) is 6.72. The van der Waals surface area contributed by atoms with E-state index in [1.807, 2.05) is 0 Å². The van der Waals surface area contributed by atoms with Crippen LogP contribution in [0.1, 0.15) is 52.4 Å². The van der Waals surface area contributed by atoms with Crippen LogP contribution in [0, 0.1) is 5.92 Å². The fraction of sp³-hybridized carbons (Fsp3) is 0.952. The van der Waals surface area contributed by atoms with Crippen LogP contribution < -0.4 is 10.6 Å². The van der Waals surface area contributed by atoms with Crippen LogP contribution in [0.25, 0.3) is 0 Å². The Hall–Kier alpha value is -0.850. The van der Waals surface area contributed by atoms with Crippen LogP contribution in [-0.2, 0) is 4.74 Å². The number of morpholine rings is 1. The van der Waals surface area contributed by atoms with E-state index < -0.39 is 0 Å². The molecule has 0 bridgehead atoms. The highest BCUT2D eigenvalue weighted by Crippen LogP contribution is 2.34. The van der Waals surface area contributed by atoms with E-state index in [2.05, 4.69) is 34.3 Å². The van der Waals surface area contributed by atoms with E-state index in [9.17, 15) is 0 Å². The zero-order valence-corrected chi connectivity index (χ0v) is 17.6. The fourth-order valence-electron chi connectivity index (χ4n) is 5.00. The van der Waals surface area contributed by atoms with E-state index >= 15 is 0 Å². The molecule has 0 amide bonds.